The molecule has 2 fully saturated rings. The lowest BCUT2D eigenvalue weighted by Crippen LogP contribution is -2.61. The number of hydrogen-bond acceptors (Lipinski definition) is 5. The summed E-state index contributed by atoms with van der Waals surface area (Å²) in [6.07, 6.45) is 1.05. The van der Waals surface area contributed by atoms with Crippen LogP contribution in [0.1, 0.15) is 65.4 Å². The van der Waals surface area contributed by atoms with Crippen molar-refractivity contribution in [2.75, 3.05) is 6.61 Å². The molecule has 2 saturated carbocycles. The maximum atomic E-state index is 13.1. The Bertz CT molecular complexity index is 863. The van der Waals surface area contributed by atoms with Crippen LogP contribution >= 0.6 is 0 Å². The fourth-order valence-corrected chi connectivity index (χ4v) is 6.25. The van der Waals surface area contributed by atoms with Gasteiger partial charge in [-0.25, -0.2) is 9.18 Å². The standard InChI is InChI=1S/C26H39FN2O5/c1-16(2)29-24(33)34-22-11-12-25(3)19(20(31)9-10-21(25)26(22,4)15-30)13-23(32)28-14-17-5-7-18(27)8-6-17/h5-8,16,19-22,30-31H,9-15H2,1-4H3,(H,28,32)(H,29,33)/t19-,20-,21+,22+,25-,26+/m1/s1. The lowest BCUT2D eigenvalue weighted by atomic mass is 9.46. The monoisotopic (exact) mass is 478 g/mol. The van der Waals surface area contributed by atoms with Crippen molar-refractivity contribution in [3.63, 3.8) is 0 Å². The minimum atomic E-state index is -0.676. The molecule has 6 atom stereocenters. The number of nitrogens with one attached hydrogen (secondary N) is 2. The number of aliphatic hydroxyl groups excluding tert-OH is 2. The van der Waals surface area contributed by atoms with Gasteiger partial charge in [0, 0.05) is 24.4 Å². The molecule has 2 aliphatic carbocycles. The summed E-state index contributed by atoms with van der Waals surface area (Å²) >= 11 is 0. The van der Waals surface area contributed by atoms with Crippen LogP contribution in [-0.2, 0) is 16.1 Å². The molecule has 0 bridgehead atoms. The van der Waals surface area contributed by atoms with Gasteiger partial charge in [0.1, 0.15) is 11.9 Å². The number of carbonyl (C=O) groups is 2. The largest absolute Gasteiger partial charge is 0.446 e. The summed E-state index contributed by atoms with van der Waals surface area (Å²) in [5.74, 6) is -0.798. The van der Waals surface area contributed by atoms with Gasteiger partial charge in [-0.15, -0.1) is 0 Å². The van der Waals surface area contributed by atoms with E-state index in [1.165, 1.54) is 12.1 Å². The second-order valence-electron chi connectivity index (χ2n) is 10.8. The zero-order chi connectivity index (χ0) is 25.1. The van der Waals surface area contributed by atoms with Gasteiger partial charge in [-0.3, -0.25) is 4.79 Å². The number of benzene rings is 1. The molecule has 0 heterocycles. The van der Waals surface area contributed by atoms with Crippen LogP contribution in [0.4, 0.5) is 9.18 Å². The van der Waals surface area contributed by atoms with Crippen molar-refractivity contribution >= 4 is 12.0 Å². The molecule has 3 rings (SSSR count). The van der Waals surface area contributed by atoms with Crippen molar-refractivity contribution in [3.8, 4) is 0 Å². The van der Waals surface area contributed by atoms with E-state index in [1.807, 2.05) is 20.8 Å². The molecule has 34 heavy (non-hydrogen) atoms. The predicted octanol–water partition coefficient (Wildman–Crippen LogP) is 3.52. The third-order valence-electron chi connectivity index (χ3n) is 8.14. The summed E-state index contributed by atoms with van der Waals surface area (Å²) in [7, 11) is 0. The lowest BCUT2D eigenvalue weighted by Gasteiger charge is -2.60. The molecule has 4 N–H and O–H groups in total. The molecule has 0 aromatic heterocycles. The number of hydrogen-bond donors (Lipinski definition) is 4. The van der Waals surface area contributed by atoms with E-state index in [-0.39, 0.29) is 49.2 Å². The summed E-state index contributed by atoms with van der Waals surface area (Å²) in [5, 5.41) is 27.0. The Labute approximate surface area is 201 Å². The predicted molar refractivity (Wildman–Crippen MR) is 126 cm³/mol. The summed E-state index contributed by atoms with van der Waals surface area (Å²) in [4.78, 5) is 25.1. The van der Waals surface area contributed by atoms with E-state index in [1.54, 1.807) is 12.1 Å². The molecule has 0 unspecified atom stereocenters. The first-order chi connectivity index (χ1) is 16.0. The van der Waals surface area contributed by atoms with E-state index in [2.05, 4.69) is 17.6 Å². The number of halogens is 1. The number of amides is 2. The lowest BCUT2D eigenvalue weighted by molar-refractivity contribution is -0.186. The highest BCUT2D eigenvalue weighted by Crippen LogP contribution is 2.61. The van der Waals surface area contributed by atoms with Crippen molar-refractivity contribution in [2.24, 2.45) is 22.7 Å². The van der Waals surface area contributed by atoms with Crippen molar-refractivity contribution in [1.82, 2.24) is 10.6 Å². The van der Waals surface area contributed by atoms with Gasteiger partial charge >= 0.3 is 6.09 Å². The topological polar surface area (TPSA) is 108 Å². The van der Waals surface area contributed by atoms with E-state index < -0.39 is 29.1 Å². The van der Waals surface area contributed by atoms with Gasteiger partial charge in [0.15, 0.2) is 0 Å². The molecule has 0 spiro atoms. The summed E-state index contributed by atoms with van der Waals surface area (Å²) in [6.45, 7) is 7.91. The molecule has 0 aliphatic heterocycles. The van der Waals surface area contributed by atoms with E-state index >= 15 is 0 Å². The van der Waals surface area contributed by atoms with Gasteiger partial charge in [-0.2, -0.15) is 0 Å². The summed E-state index contributed by atoms with van der Waals surface area (Å²) in [5.41, 5.74) is -0.269. The highest BCUT2D eigenvalue weighted by atomic mass is 19.1. The van der Waals surface area contributed by atoms with E-state index in [0.717, 1.165) is 5.56 Å². The number of rotatable bonds is 7. The van der Waals surface area contributed by atoms with Crippen LogP contribution in [-0.4, -0.2) is 47.1 Å². The number of carbonyl (C=O) groups excluding carboxylic acids is 2. The molecular weight excluding hydrogens is 439 g/mol. The summed E-state index contributed by atoms with van der Waals surface area (Å²) < 4.78 is 18.9. The first kappa shape index (κ1) is 26.4. The Kier molecular flexibility index (Phi) is 8.24. The first-order valence-electron chi connectivity index (χ1n) is 12.3. The Morgan fingerprint density at radius 2 is 1.85 bits per heavy atom. The molecule has 8 heteroatoms. The third-order valence-corrected chi connectivity index (χ3v) is 8.14. The quantitative estimate of drug-likeness (QED) is 0.480. The van der Waals surface area contributed by atoms with Crippen molar-refractivity contribution < 1.29 is 28.9 Å². The number of ether oxygens (including phenoxy) is 1. The van der Waals surface area contributed by atoms with E-state index in [9.17, 15) is 24.2 Å². The molecule has 0 radical (unpaired) electrons. The minimum absolute atomic E-state index is 0.0195. The van der Waals surface area contributed by atoms with Crippen molar-refractivity contribution in [2.45, 2.75) is 84.6 Å². The van der Waals surface area contributed by atoms with Crippen LogP contribution in [0.25, 0.3) is 0 Å². The maximum absolute atomic E-state index is 13.1. The molecule has 2 amide bonds. The number of aliphatic hydroxyl groups is 2. The third kappa shape index (κ3) is 5.54. The van der Waals surface area contributed by atoms with Gasteiger partial charge in [0.05, 0.1) is 12.7 Å². The molecular formula is C26H39FN2O5. The first-order valence-corrected chi connectivity index (χ1v) is 12.3. The molecule has 1 aromatic rings. The minimum Gasteiger partial charge on any atom is -0.446 e. The van der Waals surface area contributed by atoms with Crippen LogP contribution < -0.4 is 10.6 Å². The van der Waals surface area contributed by atoms with Crippen molar-refractivity contribution in [3.05, 3.63) is 35.6 Å². The zero-order valence-corrected chi connectivity index (χ0v) is 20.6. The van der Waals surface area contributed by atoms with Crippen LogP contribution in [0.2, 0.25) is 0 Å². The number of fused-ring (bicyclic) bond motifs is 1. The average Bonchev–Trinajstić information content (AvgIpc) is 2.77. The Morgan fingerprint density at radius 3 is 2.47 bits per heavy atom. The second kappa shape index (κ2) is 10.6. The van der Waals surface area contributed by atoms with Crippen LogP contribution in [0, 0.1) is 28.5 Å². The molecule has 7 nitrogen and oxygen atoms in total. The van der Waals surface area contributed by atoms with Crippen LogP contribution in [0.3, 0.4) is 0 Å². The van der Waals surface area contributed by atoms with Gasteiger partial charge in [0.25, 0.3) is 0 Å². The normalized spacial score (nSPS) is 33.2. The highest BCUT2D eigenvalue weighted by Gasteiger charge is 2.60. The van der Waals surface area contributed by atoms with Gasteiger partial charge in [-0.05, 0) is 74.5 Å². The fraction of sp³-hybridized carbons (Fsp3) is 0.692. The smallest absolute Gasteiger partial charge is 0.407 e. The highest BCUT2D eigenvalue weighted by molar-refractivity contribution is 5.76. The zero-order valence-electron chi connectivity index (χ0n) is 20.6. The van der Waals surface area contributed by atoms with Crippen LogP contribution in [0.15, 0.2) is 24.3 Å². The Hall–Kier alpha value is -2.19. The Balaban J connectivity index is 1.72. The number of alkyl carbamates (subject to hydrolysis) is 1. The SMILES string of the molecule is CC(C)NC(=O)O[C@H]1CC[C@@]2(C)[C@H](CC[C@@H](O)[C@H]2CC(=O)NCc2ccc(F)cc2)[C@]1(C)CO. The molecule has 2 aliphatic rings. The fourth-order valence-electron chi connectivity index (χ4n) is 6.25. The molecule has 1 aromatic carbocycles. The summed E-state index contributed by atoms with van der Waals surface area (Å²) in [6, 6.07) is 5.92. The molecule has 0 saturated heterocycles. The van der Waals surface area contributed by atoms with Gasteiger partial charge in [-0.1, -0.05) is 26.0 Å². The average molecular weight is 479 g/mol. The Morgan fingerprint density at radius 1 is 1.18 bits per heavy atom. The second-order valence-corrected chi connectivity index (χ2v) is 10.8. The van der Waals surface area contributed by atoms with Gasteiger partial charge in [0.2, 0.25) is 5.91 Å². The van der Waals surface area contributed by atoms with Crippen molar-refractivity contribution in [1.29, 1.82) is 0 Å². The van der Waals surface area contributed by atoms with E-state index in [4.69, 9.17) is 4.74 Å². The van der Waals surface area contributed by atoms with E-state index in [0.29, 0.717) is 25.7 Å². The van der Waals surface area contributed by atoms with Crippen LogP contribution in [0.5, 0.6) is 0 Å². The van der Waals surface area contributed by atoms with Gasteiger partial charge < -0.3 is 25.6 Å². The molecule has 190 valence electrons. The maximum Gasteiger partial charge on any atom is 0.407 e.